The molecule has 0 bridgehead atoms. The number of carboxylic acid groups (broad SMARTS) is 2. The van der Waals surface area contributed by atoms with Crippen molar-refractivity contribution in [3.63, 3.8) is 0 Å². The van der Waals surface area contributed by atoms with Gasteiger partial charge in [-0.25, -0.2) is 9.59 Å². The maximum absolute atomic E-state index is 11.3. The lowest BCUT2D eigenvalue weighted by Crippen LogP contribution is -2.28. The number of benzene rings is 1. The summed E-state index contributed by atoms with van der Waals surface area (Å²) in [5.41, 5.74) is 2.28. The second-order valence-corrected chi connectivity index (χ2v) is 8.79. The first-order valence-corrected chi connectivity index (χ1v) is 11.3. The van der Waals surface area contributed by atoms with Crippen LogP contribution in [0.5, 0.6) is 5.75 Å². The third-order valence-corrected chi connectivity index (χ3v) is 6.81. The van der Waals surface area contributed by atoms with E-state index in [1.807, 2.05) is 12.1 Å². The Hall–Kier alpha value is -2.24. The molecule has 1 aromatic carbocycles. The number of ether oxygens (including phenoxy) is 2. The predicted octanol–water partition coefficient (Wildman–Crippen LogP) is 5.31. The van der Waals surface area contributed by atoms with Crippen LogP contribution in [0.3, 0.4) is 0 Å². The van der Waals surface area contributed by atoms with Gasteiger partial charge in [0.15, 0.2) is 6.61 Å². The zero-order valence-corrected chi connectivity index (χ0v) is 17.8. The van der Waals surface area contributed by atoms with Crippen molar-refractivity contribution in [2.45, 2.75) is 77.2 Å². The van der Waals surface area contributed by atoms with Gasteiger partial charge in [0.1, 0.15) is 11.9 Å². The lowest BCUT2D eigenvalue weighted by atomic mass is 9.73. The van der Waals surface area contributed by atoms with Gasteiger partial charge >= 0.3 is 12.1 Å². The highest BCUT2D eigenvalue weighted by Crippen LogP contribution is 2.49. The number of rotatable bonds is 11. The molecular weight excluding hydrogens is 384 g/mol. The smallest absolute Gasteiger partial charge is 0.482 e. The molecule has 3 rings (SSSR count). The zero-order valence-electron chi connectivity index (χ0n) is 17.8. The van der Waals surface area contributed by atoms with Crippen LogP contribution in [-0.4, -0.2) is 35.0 Å². The van der Waals surface area contributed by atoms with Crippen molar-refractivity contribution in [3.05, 3.63) is 29.3 Å². The molecule has 2 aliphatic carbocycles. The van der Waals surface area contributed by atoms with Gasteiger partial charge in [-0.05, 0) is 60.6 Å². The molecule has 0 aromatic heterocycles. The maximum atomic E-state index is 11.3. The molecule has 0 amide bonds. The largest absolute Gasteiger partial charge is 0.506 e. The lowest BCUT2D eigenvalue weighted by molar-refractivity contribution is -0.139. The third kappa shape index (κ3) is 5.67. The Balaban J connectivity index is 1.68. The number of carbonyl (C=O) groups is 2. The Morgan fingerprint density at radius 2 is 1.83 bits per heavy atom. The van der Waals surface area contributed by atoms with Gasteiger partial charge in [0.2, 0.25) is 0 Å². The van der Waals surface area contributed by atoms with Crippen LogP contribution in [0.15, 0.2) is 18.2 Å². The minimum absolute atomic E-state index is 0.245. The van der Waals surface area contributed by atoms with Gasteiger partial charge in [-0.3, -0.25) is 0 Å². The molecule has 0 aliphatic heterocycles. The summed E-state index contributed by atoms with van der Waals surface area (Å²) in [6.45, 7) is 1.86. The van der Waals surface area contributed by atoms with Crippen LogP contribution in [0.25, 0.3) is 0 Å². The average Bonchev–Trinajstić information content (AvgIpc) is 3.02. The van der Waals surface area contributed by atoms with Gasteiger partial charge in [-0.15, -0.1) is 0 Å². The highest BCUT2D eigenvalue weighted by Gasteiger charge is 2.47. The summed E-state index contributed by atoms with van der Waals surface area (Å²) >= 11 is 0. The van der Waals surface area contributed by atoms with E-state index in [1.165, 1.54) is 37.7 Å². The van der Waals surface area contributed by atoms with E-state index in [4.69, 9.17) is 14.6 Å². The first-order chi connectivity index (χ1) is 14.5. The number of carboxylic acids is 1. The summed E-state index contributed by atoms with van der Waals surface area (Å²) < 4.78 is 10.8. The second-order valence-electron chi connectivity index (χ2n) is 8.79. The molecule has 30 heavy (non-hydrogen) atoms. The minimum atomic E-state index is -1.19. The molecule has 1 saturated carbocycles. The Labute approximate surface area is 178 Å². The molecule has 2 N–H and O–H groups in total. The van der Waals surface area contributed by atoms with E-state index in [0.29, 0.717) is 17.6 Å². The maximum Gasteiger partial charge on any atom is 0.506 e. The molecule has 166 valence electrons. The summed E-state index contributed by atoms with van der Waals surface area (Å²) in [6, 6.07) is 5.84. The monoisotopic (exact) mass is 418 g/mol. The first kappa shape index (κ1) is 22.4. The van der Waals surface area contributed by atoms with E-state index in [0.717, 1.165) is 37.7 Å². The van der Waals surface area contributed by atoms with E-state index >= 15 is 0 Å². The molecule has 0 saturated heterocycles. The SMILES string of the molecule is CCCCCCCCC1C2Cc3cccc(OCC(=O)O)c3CC2C[C@H]1OC(=O)O. The number of aliphatic carboxylic acids is 1. The summed E-state index contributed by atoms with van der Waals surface area (Å²) in [5, 5.41) is 18.2. The second kappa shape index (κ2) is 10.7. The van der Waals surface area contributed by atoms with E-state index in [9.17, 15) is 14.7 Å². The lowest BCUT2D eigenvalue weighted by Gasteiger charge is -2.32. The average molecular weight is 419 g/mol. The Kier molecular flexibility index (Phi) is 8.00. The van der Waals surface area contributed by atoms with Gasteiger partial charge in [-0.2, -0.15) is 0 Å². The van der Waals surface area contributed by atoms with Crippen molar-refractivity contribution < 1.29 is 29.3 Å². The molecular formula is C24H34O6. The van der Waals surface area contributed by atoms with Gasteiger partial charge in [0.05, 0.1) is 0 Å². The van der Waals surface area contributed by atoms with E-state index < -0.39 is 12.1 Å². The van der Waals surface area contributed by atoms with Crippen molar-refractivity contribution in [1.82, 2.24) is 0 Å². The van der Waals surface area contributed by atoms with Crippen molar-refractivity contribution in [3.8, 4) is 5.75 Å². The van der Waals surface area contributed by atoms with Gasteiger partial charge < -0.3 is 19.7 Å². The standard InChI is InChI=1S/C24H34O6/c1-2-3-4-5-6-7-10-18-19-12-16-9-8-11-21(29-15-23(25)26)20(16)13-17(19)14-22(18)30-24(27)28/h8-9,11,17-19,22H,2-7,10,12-15H2,1H3,(H,25,26)(H,27,28)/t17?,18?,19?,22-/m1/s1. The molecule has 0 radical (unpaired) electrons. The van der Waals surface area contributed by atoms with Crippen LogP contribution < -0.4 is 4.74 Å². The molecule has 1 fully saturated rings. The van der Waals surface area contributed by atoms with Crippen molar-refractivity contribution in [2.24, 2.45) is 17.8 Å². The van der Waals surface area contributed by atoms with E-state index in [-0.39, 0.29) is 18.6 Å². The van der Waals surface area contributed by atoms with Crippen molar-refractivity contribution in [2.75, 3.05) is 6.61 Å². The molecule has 2 aliphatic rings. The fraction of sp³-hybridized carbons (Fsp3) is 0.667. The zero-order chi connectivity index (χ0) is 21.5. The molecule has 0 heterocycles. The number of hydrogen-bond acceptors (Lipinski definition) is 4. The quantitative estimate of drug-likeness (QED) is 0.373. The van der Waals surface area contributed by atoms with E-state index in [1.54, 1.807) is 0 Å². The number of hydrogen-bond donors (Lipinski definition) is 2. The number of fused-ring (bicyclic) bond motifs is 2. The van der Waals surface area contributed by atoms with Gasteiger partial charge in [-0.1, -0.05) is 57.6 Å². The topological polar surface area (TPSA) is 93.1 Å². The van der Waals surface area contributed by atoms with Gasteiger partial charge in [0, 0.05) is 0 Å². The summed E-state index contributed by atoms with van der Waals surface area (Å²) in [4.78, 5) is 22.2. The molecule has 3 unspecified atom stereocenters. The molecule has 1 aromatic rings. The molecule has 6 nitrogen and oxygen atoms in total. The van der Waals surface area contributed by atoms with Gasteiger partial charge in [0.25, 0.3) is 0 Å². The van der Waals surface area contributed by atoms with Crippen LogP contribution in [-0.2, 0) is 22.4 Å². The highest BCUT2D eigenvalue weighted by molar-refractivity contribution is 5.68. The Morgan fingerprint density at radius 3 is 2.57 bits per heavy atom. The Bertz CT molecular complexity index is 730. The van der Waals surface area contributed by atoms with Crippen molar-refractivity contribution in [1.29, 1.82) is 0 Å². The predicted molar refractivity (Wildman–Crippen MR) is 113 cm³/mol. The fourth-order valence-electron chi connectivity index (χ4n) is 5.48. The van der Waals surface area contributed by atoms with E-state index in [2.05, 4.69) is 13.0 Å². The summed E-state index contributed by atoms with van der Waals surface area (Å²) in [7, 11) is 0. The van der Waals surface area contributed by atoms with Crippen LogP contribution in [0, 0.1) is 17.8 Å². The van der Waals surface area contributed by atoms with Crippen LogP contribution in [0.2, 0.25) is 0 Å². The highest BCUT2D eigenvalue weighted by atomic mass is 16.7. The third-order valence-electron chi connectivity index (χ3n) is 6.81. The van der Waals surface area contributed by atoms with Crippen LogP contribution in [0.4, 0.5) is 4.79 Å². The molecule has 6 heteroatoms. The summed E-state index contributed by atoms with van der Waals surface area (Å²) in [6.07, 6.45) is 9.33. The summed E-state index contributed by atoms with van der Waals surface area (Å²) in [5.74, 6) is 0.669. The minimum Gasteiger partial charge on any atom is -0.482 e. The Morgan fingerprint density at radius 1 is 1.07 bits per heavy atom. The van der Waals surface area contributed by atoms with Crippen LogP contribution in [0.1, 0.15) is 69.4 Å². The first-order valence-electron chi connectivity index (χ1n) is 11.3. The van der Waals surface area contributed by atoms with Crippen LogP contribution >= 0.6 is 0 Å². The fourth-order valence-corrected chi connectivity index (χ4v) is 5.48. The molecule has 0 spiro atoms. The molecule has 4 atom stereocenters. The number of unbranched alkanes of at least 4 members (excludes halogenated alkanes) is 5. The van der Waals surface area contributed by atoms with Crippen molar-refractivity contribution >= 4 is 12.1 Å². The normalized spacial score (nSPS) is 24.7.